The van der Waals surface area contributed by atoms with Crippen LogP contribution < -0.4 is 5.32 Å². The van der Waals surface area contributed by atoms with E-state index in [0.717, 1.165) is 0 Å². The third-order valence-corrected chi connectivity index (χ3v) is 2.62. The normalized spacial score (nSPS) is 13.2. The van der Waals surface area contributed by atoms with E-state index < -0.39 is 18.3 Å². The lowest BCUT2D eigenvalue weighted by Gasteiger charge is -2.15. The van der Waals surface area contributed by atoms with Crippen LogP contribution in [0.2, 0.25) is 0 Å². The van der Waals surface area contributed by atoms with Crippen LogP contribution in [-0.4, -0.2) is 19.5 Å². The number of nitrogens with one attached hydrogen (secondary N) is 1. The predicted octanol–water partition coefficient (Wildman–Crippen LogP) is 2.98. The Kier molecular flexibility index (Phi) is 4.60. The minimum atomic E-state index is -2.50. The van der Waals surface area contributed by atoms with E-state index >= 15 is 0 Å². The quantitative estimate of drug-likeness (QED) is 0.895. The van der Waals surface area contributed by atoms with Crippen molar-refractivity contribution in [3.8, 4) is 0 Å². The van der Waals surface area contributed by atoms with Crippen molar-refractivity contribution in [3.05, 3.63) is 34.1 Å². The van der Waals surface area contributed by atoms with Crippen molar-refractivity contribution in [2.45, 2.75) is 18.9 Å². The smallest absolute Gasteiger partial charge is 0.254 e. The van der Waals surface area contributed by atoms with Crippen molar-refractivity contribution in [1.82, 2.24) is 5.32 Å². The molecule has 0 saturated carbocycles. The van der Waals surface area contributed by atoms with Crippen LogP contribution in [0.5, 0.6) is 0 Å². The van der Waals surface area contributed by atoms with E-state index in [1.165, 1.54) is 19.2 Å². The molecule has 1 aromatic rings. The largest absolute Gasteiger partial charge is 0.312 e. The van der Waals surface area contributed by atoms with E-state index in [4.69, 9.17) is 0 Å². The Morgan fingerprint density at radius 1 is 1.40 bits per heavy atom. The Hall–Kier alpha value is -0.550. The second kappa shape index (κ2) is 5.51. The van der Waals surface area contributed by atoms with Gasteiger partial charge in [0.2, 0.25) is 0 Å². The molecule has 0 radical (unpaired) electrons. The van der Waals surface area contributed by atoms with Crippen molar-refractivity contribution in [2.75, 3.05) is 7.05 Å². The first-order valence-corrected chi connectivity index (χ1v) is 5.23. The van der Waals surface area contributed by atoms with Crippen LogP contribution in [0.15, 0.2) is 22.7 Å². The first kappa shape index (κ1) is 12.5. The summed E-state index contributed by atoms with van der Waals surface area (Å²) in [5, 5.41) is 2.46. The Morgan fingerprint density at radius 3 is 2.53 bits per heavy atom. The van der Waals surface area contributed by atoms with Gasteiger partial charge in [0.15, 0.2) is 0 Å². The average molecular weight is 282 g/mol. The summed E-state index contributed by atoms with van der Waals surface area (Å²) in [5.74, 6) is -0.467. The topological polar surface area (TPSA) is 12.0 Å². The molecule has 0 bridgehead atoms. The summed E-state index contributed by atoms with van der Waals surface area (Å²) < 4.78 is 38.7. The molecule has 1 N–H and O–H groups in total. The summed E-state index contributed by atoms with van der Waals surface area (Å²) in [6, 6.07) is 3.40. The highest BCUT2D eigenvalue weighted by molar-refractivity contribution is 9.10. The van der Waals surface area contributed by atoms with E-state index in [1.54, 1.807) is 6.07 Å². The maximum Gasteiger partial charge on any atom is 0.254 e. The Labute approximate surface area is 94.8 Å². The second-order valence-electron chi connectivity index (χ2n) is 3.17. The van der Waals surface area contributed by atoms with Gasteiger partial charge in [-0.25, -0.2) is 13.2 Å². The summed E-state index contributed by atoms with van der Waals surface area (Å²) in [7, 11) is 1.44. The monoisotopic (exact) mass is 281 g/mol. The van der Waals surface area contributed by atoms with Crippen molar-refractivity contribution in [3.63, 3.8) is 0 Å². The Balaban J connectivity index is 2.79. The number of hydrogen-bond acceptors (Lipinski definition) is 1. The lowest BCUT2D eigenvalue weighted by Crippen LogP contribution is -2.34. The molecule has 84 valence electrons. The summed E-state index contributed by atoms with van der Waals surface area (Å²) in [5.41, 5.74) is 0.290. The molecule has 0 saturated heterocycles. The van der Waals surface area contributed by atoms with Crippen LogP contribution in [0.25, 0.3) is 0 Å². The highest BCUT2D eigenvalue weighted by Crippen LogP contribution is 2.18. The second-order valence-corrected chi connectivity index (χ2v) is 4.09. The lowest BCUT2D eigenvalue weighted by atomic mass is 10.1. The van der Waals surface area contributed by atoms with Gasteiger partial charge in [0, 0.05) is 4.47 Å². The SMILES string of the molecule is CNC(Cc1ccc(Br)cc1F)C(F)F. The van der Waals surface area contributed by atoms with Crippen molar-refractivity contribution >= 4 is 15.9 Å². The van der Waals surface area contributed by atoms with Gasteiger partial charge in [0.05, 0.1) is 6.04 Å². The predicted molar refractivity (Wildman–Crippen MR) is 56.7 cm³/mol. The first-order chi connectivity index (χ1) is 7.04. The van der Waals surface area contributed by atoms with Gasteiger partial charge in [0.1, 0.15) is 5.82 Å². The molecule has 1 nitrogen and oxygen atoms in total. The van der Waals surface area contributed by atoms with Crippen LogP contribution in [-0.2, 0) is 6.42 Å². The fraction of sp³-hybridized carbons (Fsp3) is 0.400. The average Bonchev–Trinajstić information content (AvgIpc) is 2.16. The van der Waals surface area contributed by atoms with Crippen LogP contribution in [0.1, 0.15) is 5.56 Å². The van der Waals surface area contributed by atoms with Gasteiger partial charge in [-0.15, -0.1) is 0 Å². The maximum atomic E-state index is 13.3. The molecule has 0 aromatic heterocycles. The number of benzene rings is 1. The van der Waals surface area contributed by atoms with E-state index in [0.29, 0.717) is 4.47 Å². The third-order valence-electron chi connectivity index (χ3n) is 2.13. The molecule has 15 heavy (non-hydrogen) atoms. The van der Waals surface area contributed by atoms with Gasteiger partial charge in [-0.3, -0.25) is 0 Å². The van der Waals surface area contributed by atoms with Crippen LogP contribution in [0.3, 0.4) is 0 Å². The molecule has 0 aliphatic heterocycles. The molecular weight excluding hydrogens is 271 g/mol. The number of rotatable bonds is 4. The summed E-state index contributed by atoms with van der Waals surface area (Å²) in [6.45, 7) is 0. The molecule has 1 atom stereocenters. The first-order valence-electron chi connectivity index (χ1n) is 4.44. The minimum Gasteiger partial charge on any atom is -0.312 e. The molecule has 1 unspecified atom stereocenters. The van der Waals surface area contributed by atoms with Crippen LogP contribution in [0, 0.1) is 5.82 Å². The van der Waals surface area contributed by atoms with Gasteiger partial charge in [-0.2, -0.15) is 0 Å². The zero-order valence-electron chi connectivity index (χ0n) is 8.11. The maximum absolute atomic E-state index is 13.3. The standard InChI is InChI=1S/C10H11BrF3N/c1-15-9(10(13)14)4-6-2-3-7(11)5-8(6)12/h2-3,5,9-10,15H,4H2,1H3. The molecule has 0 aliphatic rings. The molecule has 1 rings (SSSR count). The molecule has 0 aliphatic carbocycles. The van der Waals surface area contributed by atoms with E-state index in [1.807, 2.05) is 0 Å². The molecular formula is C10H11BrF3N. The van der Waals surface area contributed by atoms with Crippen molar-refractivity contribution in [2.24, 2.45) is 0 Å². The van der Waals surface area contributed by atoms with E-state index in [9.17, 15) is 13.2 Å². The number of halogens is 4. The molecule has 0 amide bonds. The third kappa shape index (κ3) is 3.50. The number of alkyl halides is 2. The van der Waals surface area contributed by atoms with Crippen molar-refractivity contribution in [1.29, 1.82) is 0 Å². The lowest BCUT2D eigenvalue weighted by molar-refractivity contribution is 0.102. The molecule has 0 fully saturated rings. The van der Waals surface area contributed by atoms with E-state index in [-0.39, 0.29) is 12.0 Å². The van der Waals surface area contributed by atoms with Gasteiger partial charge >= 0.3 is 0 Å². The zero-order valence-corrected chi connectivity index (χ0v) is 9.69. The summed E-state index contributed by atoms with van der Waals surface area (Å²) in [4.78, 5) is 0. The van der Waals surface area contributed by atoms with Crippen LogP contribution in [0.4, 0.5) is 13.2 Å². The number of likely N-dealkylation sites (N-methyl/N-ethyl adjacent to an activating group) is 1. The molecule has 5 heteroatoms. The van der Waals surface area contributed by atoms with Gasteiger partial charge in [0.25, 0.3) is 6.43 Å². The summed E-state index contributed by atoms with van der Waals surface area (Å²) in [6.07, 6.45) is -2.52. The Bertz CT molecular complexity index is 330. The van der Waals surface area contributed by atoms with E-state index in [2.05, 4.69) is 21.2 Å². The van der Waals surface area contributed by atoms with Gasteiger partial charge in [-0.1, -0.05) is 22.0 Å². The zero-order chi connectivity index (χ0) is 11.4. The highest BCUT2D eigenvalue weighted by atomic mass is 79.9. The fourth-order valence-corrected chi connectivity index (χ4v) is 1.57. The molecule has 0 spiro atoms. The molecule has 1 aromatic carbocycles. The fourth-order valence-electron chi connectivity index (χ4n) is 1.24. The Morgan fingerprint density at radius 2 is 2.07 bits per heavy atom. The minimum absolute atomic E-state index is 0.0206. The number of hydrogen-bond donors (Lipinski definition) is 1. The molecule has 0 heterocycles. The van der Waals surface area contributed by atoms with Gasteiger partial charge < -0.3 is 5.32 Å². The van der Waals surface area contributed by atoms with Gasteiger partial charge in [-0.05, 0) is 31.2 Å². The summed E-state index contributed by atoms with van der Waals surface area (Å²) >= 11 is 3.10. The van der Waals surface area contributed by atoms with Crippen LogP contribution >= 0.6 is 15.9 Å². The highest BCUT2D eigenvalue weighted by Gasteiger charge is 2.19. The van der Waals surface area contributed by atoms with Crippen molar-refractivity contribution < 1.29 is 13.2 Å².